The van der Waals surface area contributed by atoms with E-state index in [1.54, 1.807) is 29.0 Å². The maximum Gasteiger partial charge on any atom is 0.387 e. The number of amides is 1. The van der Waals surface area contributed by atoms with Gasteiger partial charge in [-0.2, -0.15) is 13.9 Å². The maximum atomic E-state index is 13.2. The highest BCUT2D eigenvalue weighted by Gasteiger charge is 2.43. The van der Waals surface area contributed by atoms with Gasteiger partial charge in [-0.05, 0) is 55.5 Å². The summed E-state index contributed by atoms with van der Waals surface area (Å²) < 4.78 is 33.0. The van der Waals surface area contributed by atoms with Gasteiger partial charge in [0.15, 0.2) is 5.82 Å². The minimum absolute atomic E-state index is 0.00423. The third-order valence-corrected chi connectivity index (χ3v) is 7.61. The molecule has 0 saturated heterocycles. The van der Waals surface area contributed by atoms with Crippen molar-refractivity contribution in [2.24, 2.45) is 0 Å². The molecule has 1 aromatic carbocycles. The Morgan fingerprint density at radius 1 is 1.14 bits per heavy atom. The third-order valence-electron chi connectivity index (χ3n) is 7.61. The van der Waals surface area contributed by atoms with Gasteiger partial charge in [-0.1, -0.05) is 6.07 Å². The number of halogens is 2. The van der Waals surface area contributed by atoms with Gasteiger partial charge in [0.25, 0.3) is 5.91 Å². The molecule has 0 spiro atoms. The van der Waals surface area contributed by atoms with E-state index in [-0.39, 0.29) is 23.6 Å². The van der Waals surface area contributed by atoms with Crippen LogP contribution in [0.25, 0.3) is 16.6 Å². The zero-order valence-electron chi connectivity index (χ0n) is 19.0. The predicted octanol–water partition coefficient (Wildman–Crippen LogP) is 4.08. The van der Waals surface area contributed by atoms with Crippen molar-refractivity contribution in [3.63, 3.8) is 0 Å². The number of alkyl halides is 2. The number of rotatable bonds is 4. The molecule has 0 radical (unpaired) electrons. The zero-order chi connectivity index (χ0) is 24.6. The number of aliphatic hydroxyl groups is 1. The molecule has 4 heterocycles. The van der Waals surface area contributed by atoms with Crippen LogP contribution in [0.1, 0.15) is 70.6 Å². The van der Waals surface area contributed by atoms with Gasteiger partial charge in [-0.25, -0.2) is 14.5 Å². The lowest BCUT2D eigenvalue weighted by molar-refractivity contribution is -0.0506. The molecule has 1 fully saturated rings. The van der Waals surface area contributed by atoms with Gasteiger partial charge in [-0.15, -0.1) is 0 Å². The Morgan fingerprint density at radius 2 is 1.94 bits per heavy atom. The Morgan fingerprint density at radius 3 is 2.67 bits per heavy atom. The van der Waals surface area contributed by atoms with Gasteiger partial charge >= 0.3 is 6.61 Å². The summed E-state index contributed by atoms with van der Waals surface area (Å²) in [7, 11) is 0. The Kier molecular flexibility index (Phi) is 4.47. The second-order valence-corrected chi connectivity index (χ2v) is 9.63. The smallest absolute Gasteiger partial charge is 0.387 e. The molecule has 2 bridgehead atoms. The first-order chi connectivity index (χ1) is 17.4. The summed E-state index contributed by atoms with van der Waals surface area (Å²) in [6.45, 7) is -3.00. The van der Waals surface area contributed by atoms with Crippen molar-refractivity contribution in [1.82, 2.24) is 24.9 Å². The van der Waals surface area contributed by atoms with Crippen molar-refractivity contribution in [2.75, 3.05) is 0 Å². The fourth-order valence-corrected chi connectivity index (χ4v) is 5.72. The van der Waals surface area contributed by atoms with Crippen LogP contribution in [0, 0.1) is 0 Å². The summed E-state index contributed by atoms with van der Waals surface area (Å²) in [4.78, 5) is 21.7. The van der Waals surface area contributed by atoms with Crippen molar-refractivity contribution in [2.45, 2.75) is 49.9 Å². The highest BCUT2D eigenvalue weighted by molar-refractivity contribution is 5.98. The van der Waals surface area contributed by atoms with Crippen LogP contribution in [-0.4, -0.2) is 37.2 Å². The van der Waals surface area contributed by atoms with Crippen LogP contribution < -0.4 is 10.1 Å². The fourth-order valence-electron chi connectivity index (χ4n) is 5.72. The Labute approximate surface area is 204 Å². The molecule has 8 nitrogen and oxygen atoms in total. The van der Waals surface area contributed by atoms with Gasteiger partial charge in [0.05, 0.1) is 17.3 Å². The Balaban J connectivity index is 1.35. The molecule has 4 aromatic rings. The van der Waals surface area contributed by atoms with Crippen LogP contribution in [0.4, 0.5) is 8.78 Å². The van der Waals surface area contributed by atoms with Crippen LogP contribution in [0.5, 0.6) is 5.75 Å². The number of benzene rings is 1. The van der Waals surface area contributed by atoms with E-state index in [4.69, 9.17) is 9.84 Å². The van der Waals surface area contributed by atoms with Crippen LogP contribution in [0.15, 0.2) is 48.9 Å². The van der Waals surface area contributed by atoms with E-state index < -0.39 is 12.2 Å². The number of pyridine rings is 1. The summed E-state index contributed by atoms with van der Waals surface area (Å²) in [5.41, 5.74) is 3.92. The average Bonchev–Trinajstić information content (AvgIpc) is 3.34. The minimum atomic E-state index is -3.00. The van der Waals surface area contributed by atoms with E-state index in [1.807, 2.05) is 18.3 Å². The van der Waals surface area contributed by atoms with Crippen molar-refractivity contribution in [3.05, 3.63) is 77.1 Å². The highest BCUT2D eigenvalue weighted by atomic mass is 19.3. The number of nitrogens with zero attached hydrogens (tertiary/aromatic N) is 4. The lowest BCUT2D eigenvalue weighted by Crippen LogP contribution is -2.35. The van der Waals surface area contributed by atoms with E-state index in [1.165, 1.54) is 6.07 Å². The number of aromatic nitrogens is 4. The van der Waals surface area contributed by atoms with Crippen molar-refractivity contribution in [1.29, 1.82) is 0 Å². The molecule has 3 aromatic heterocycles. The average molecular weight is 489 g/mol. The van der Waals surface area contributed by atoms with E-state index in [0.29, 0.717) is 36.2 Å². The quantitative estimate of drug-likeness (QED) is 0.448. The Hall–Kier alpha value is -3.92. The molecule has 1 aliphatic heterocycles. The van der Waals surface area contributed by atoms with Crippen molar-refractivity contribution >= 4 is 11.4 Å². The minimum Gasteiger partial charge on any atom is -0.434 e. The first-order valence-corrected chi connectivity index (χ1v) is 11.9. The summed E-state index contributed by atoms with van der Waals surface area (Å²) in [5, 5.41) is 18.2. The molecule has 1 amide bonds. The third kappa shape index (κ3) is 3.07. The number of hydrogen-bond donors (Lipinski definition) is 2. The second-order valence-electron chi connectivity index (χ2n) is 9.63. The van der Waals surface area contributed by atoms with Crippen LogP contribution in [0.2, 0.25) is 0 Å². The lowest BCUT2D eigenvalue weighted by Gasteiger charge is -2.34. The molecule has 3 aliphatic rings. The van der Waals surface area contributed by atoms with E-state index in [0.717, 1.165) is 34.3 Å². The Bertz CT molecular complexity index is 1530. The molecule has 182 valence electrons. The van der Waals surface area contributed by atoms with Gasteiger partial charge in [0, 0.05) is 46.8 Å². The fraction of sp³-hybridized carbons (Fsp3) is 0.308. The van der Waals surface area contributed by atoms with E-state index in [2.05, 4.69) is 15.3 Å². The number of nitrogens with one attached hydrogen (secondary N) is 1. The zero-order valence-corrected chi connectivity index (χ0v) is 19.0. The largest absolute Gasteiger partial charge is 0.434 e. The summed E-state index contributed by atoms with van der Waals surface area (Å²) >= 11 is 0. The lowest BCUT2D eigenvalue weighted by atomic mass is 9.79. The monoisotopic (exact) mass is 489 g/mol. The second kappa shape index (κ2) is 7.54. The van der Waals surface area contributed by atoms with E-state index >= 15 is 0 Å². The van der Waals surface area contributed by atoms with E-state index in [9.17, 15) is 18.7 Å². The SMILES string of the molecule is O=C1N[C@@H]2C[C@H](c3c(OC(F)F)cccc31)c1c2nn2ccc(-c3cnc(C4(O)CCC4)nc3)cc12. The van der Waals surface area contributed by atoms with Gasteiger partial charge < -0.3 is 15.2 Å². The number of carbonyl (C=O) groups excluding carboxylic acids is 1. The molecule has 10 heteroatoms. The standard InChI is InChI=1S/C26H21F2N5O3/c27-25(28)36-19-4-1-3-15-20(19)16-10-17(31-23(15)34)22-21(16)18-9-13(5-8-33(18)32-22)14-11-29-24(30-12-14)26(35)6-2-7-26/h1,3-5,8-9,11-12,16-17,25,35H,2,6-7,10H2,(H,31,34)/t16-,17-/m1/s1. The van der Waals surface area contributed by atoms with Gasteiger partial charge in [0.1, 0.15) is 11.4 Å². The van der Waals surface area contributed by atoms with Crippen LogP contribution in [-0.2, 0) is 5.60 Å². The molecule has 2 N–H and O–H groups in total. The highest BCUT2D eigenvalue weighted by Crippen LogP contribution is 2.51. The molecule has 7 rings (SSSR count). The molecule has 2 atom stereocenters. The topological polar surface area (TPSA) is 102 Å². The van der Waals surface area contributed by atoms with Crippen molar-refractivity contribution in [3.8, 4) is 16.9 Å². The normalized spacial score (nSPS) is 21.5. The van der Waals surface area contributed by atoms with Crippen LogP contribution >= 0.6 is 0 Å². The molecular formula is C26H21F2N5O3. The molecule has 36 heavy (non-hydrogen) atoms. The molecule has 0 unspecified atom stereocenters. The van der Waals surface area contributed by atoms with Crippen LogP contribution in [0.3, 0.4) is 0 Å². The first kappa shape index (κ1) is 21.4. The summed E-state index contributed by atoms with van der Waals surface area (Å²) in [6, 6.07) is 8.19. The maximum absolute atomic E-state index is 13.2. The first-order valence-electron chi connectivity index (χ1n) is 11.9. The van der Waals surface area contributed by atoms with Gasteiger partial charge in [-0.3, -0.25) is 4.79 Å². The molecule has 2 aliphatic carbocycles. The number of ether oxygens (including phenoxy) is 1. The van der Waals surface area contributed by atoms with Gasteiger partial charge in [0.2, 0.25) is 0 Å². The number of carbonyl (C=O) groups is 1. The summed E-state index contributed by atoms with van der Waals surface area (Å²) in [6.07, 6.45) is 8.03. The van der Waals surface area contributed by atoms with Crippen molar-refractivity contribution < 1.29 is 23.4 Å². The number of hydrogen-bond acceptors (Lipinski definition) is 6. The number of fused-ring (bicyclic) bond motifs is 9. The molecule has 1 saturated carbocycles. The predicted molar refractivity (Wildman–Crippen MR) is 124 cm³/mol. The molecular weight excluding hydrogens is 468 g/mol. The summed E-state index contributed by atoms with van der Waals surface area (Å²) in [5.74, 6) is -0.226.